The Kier molecular flexibility index (Phi) is 3.22. The molecule has 16 heavy (non-hydrogen) atoms. The van der Waals surface area contributed by atoms with E-state index in [-0.39, 0.29) is 0 Å². The summed E-state index contributed by atoms with van der Waals surface area (Å²) in [5.41, 5.74) is 7.44. The maximum Gasteiger partial charge on any atom is 0.155 e. The predicted octanol–water partition coefficient (Wildman–Crippen LogP) is 1.64. The molecule has 0 aliphatic heterocycles. The highest BCUT2D eigenvalue weighted by Gasteiger charge is 2.13. The topological polar surface area (TPSA) is 56.7 Å². The molecule has 5 heteroatoms. The minimum atomic E-state index is 0.511. The first kappa shape index (κ1) is 11.1. The highest BCUT2D eigenvalue weighted by atomic mass is 35.5. The summed E-state index contributed by atoms with van der Waals surface area (Å²) in [5.74, 6) is 0.902. The van der Waals surface area contributed by atoms with Crippen LogP contribution in [0.5, 0.6) is 0 Å². The maximum atomic E-state index is 6.13. The molecule has 0 saturated heterocycles. The molecule has 2 heterocycles. The molecule has 2 N–H and O–H groups in total. The van der Waals surface area contributed by atoms with Crippen LogP contribution in [0.15, 0.2) is 24.5 Å². The minimum absolute atomic E-state index is 0.511. The van der Waals surface area contributed by atoms with Gasteiger partial charge in [0.1, 0.15) is 5.82 Å². The fourth-order valence-corrected chi connectivity index (χ4v) is 2.02. The average molecular weight is 237 g/mol. The van der Waals surface area contributed by atoms with E-state index < -0.39 is 0 Å². The van der Waals surface area contributed by atoms with Crippen LogP contribution < -0.4 is 5.73 Å². The quantitative estimate of drug-likeness (QED) is 0.882. The smallest absolute Gasteiger partial charge is 0.155 e. The van der Waals surface area contributed by atoms with Crippen LogP contribution in [0, 0.1) is 0 Å². The van der Waals surface area contributed by atoms with Gasteiger partial charge < -0.3 is 10.3 Å². The molecular formula is C11H13ClN4. The van der Waals surface area contributed by atoms with Gasteiger partial charge in [-0.05, 0) is 18.7 Å². The molecule has 0 bridgehead atoms. The van der Waals surface area contributed by atoms with Gasteiger partial charge in [0.15, 0.2) is 5.15 Å². The van der Waals surface area contributed by atoms with Gasteiger partial charge in [-0.15, -0.1) is 0 Å². The van der Waals surface area contributed by atoms with Crippen molar-refractivity contribution in [1.82, 2.24) is 14.5 Å². The van der Waals surface area contributed by atoms with E-state index in [4.69, 9.17) is 17.3 Å². The van der Waals surface area contributed by atoms with Crippen molar-refractivity contribution in [2.24, 2.45) is 12.8 Å². The average Bonchev–Trinajstić information content (AvgIpc) is 2.56. The van der Waals surface area contributed by atoms with Crippen LogP contribution in [0.1, 0.15) is 5.82 Å². The van der Waals surface area contributed by atoms with Gasteiger partial charge in [0, 0.05) is 31.4 Å². The highest BCUT2D eigenvalue weighted by Crippen LogP contribution is 2.27. The molecule has 0 fully saturated rings. The second kappa shape index (κ2) is 4.63. The van der Waals surface area contributed by atoms with Gasteiger partial charge in [0.2, 0.25) is 0 Å². The lowest BCUT2D eigenvalue weighted by Crippen LogP contribution is -2.08. The minimum Gasteiger partial charge on any atom is -0.330 e. The van der Waals surface area contributed by atoms with Crippen molar-refractivity contribution < 1.29 is 0 Å². The second-order valence-corrected chi connectivity index (χ2v) is 3.86. The maximum absolute atomic E-state index is 6.13. The van der Waals surface area contributed by atoms with E-state index >= 15 is 0 Å². The predicted molar refractivity (Wildman–Crippen MR) is 64.2 cm³/mol. The summed E-state index contributed by atoms with van der Waals surface area (Å²) in [4.78, 5) is 8.28. The zero-order chi connectivity index (χ0) is 11.5. The SMILES string of the molecule is Cn1c(CCN)nc(Cl)c1-c1ccncc1. The number of nitrogens with two attached hydrogens (primary N) is 1. The Balaban J connectivity index is 2.49. The van der Waals surface area contributed by atoms with Crippen LogP contribution >= 0.6 is 11.6 Å². The Morgan fingerprint density at radius 3 is 2.69 bits per heavy atom. The molecule has 2 aromatic heterocycles. The van der Waals surface area contributed by atoms with E-state index in [1.165, 1.54) is 0 Å². The molecule has 0 unspecified atom stereocenters. The summed E-state index contributed by atoms with van der Waals surface area (Å²) in [6.07, 6.45) is 4.20. The lowest BCUT2D eigenvalue weighted by atomic mass is 10.2. The number of halogens is 1. The van der Waals surface area contributed by atoms with Crippen molar-refractivity contribution in [3.8, 4) is 11.3 Å². The molecular weight excluding hydrogens is 224 g/mol. The Bertz CT molecular complexity index is 478. The van der Waals surface area contributed by atoms with Crippen LogP contribution in [0.25, 0.3) is 11.3 Å². The first-order valence-electron chi connectivity index (χ1n) is 5.05. The summed E-state index contributed by atoms with van der Waals surface area (Å²) in [6, 6.07) is 3.82. The fourth-order valence-electron chi connectivity index (χ4n) is 1.68. The van der Waals surface area contributed by atoms with E-state index in [1.807, 2.05) is 23.7 Å². The number of rotatable bonds is 3. The van der Waals surface area contributed by atoms with Gasteiger partial charge >= 0.3 is 0 Å². The normalized spacial score (nSPS) is 10.7. The first-order valence-corrected chi connectivity index (χ1v) is 5.43. The van der Waals surface area contributed by atoms with Gasteiger partial charge in [-0.1, -0.05) is 11.6 Å². The number of aromatic nitrogens is 3. The fraction of sp³-hybridized carbons (Fsp3) is 0.273. The van der Waals surface area contributed by atoms with Crippen LogP contribution in [-0.4, -0.2) is 21.1 Å². The summed E-state index contributed by atoms with van der Waals surface area (Å²) in [6.45, 7) is 0.566. The van der Waals surface area contributed by atoms with Crippen LogP contribution in [-0.2, 0) is 13.5 Å². The first-order chi connectivity index (χ1) is 7.74. The molecule has 0 atom stereocenters. The summed E-state index contributed by atoms with van der Waals surface area (Å²) in [5, 5.41) is 0.511. The van der Waals surface area contributed by atoms with Gasteiger partial charge in [-0.3, -0.25) is 4.98 Å². The lowest BCUT2D eigenvalue weighted by Gasteiger charge is -2.05. The number of hydrogen-bond donors (Lipinski definition) is 1. The zero-order valence-electron chi connectivity index (χ0n) is 9.02. The van der Waals surface area contributed by atoms with Gasteiger partial charge in [0.25, 0.3) is 0 Å². The second-order valence-electron chi connectivity index (χ2n) is 3.50. The molecule has 0 saturated carbocycles. The third-order valence-corrected chi connectivity index (χ3v) is 2.73. The number of nitrogens with zero attached hydrogens (tertiary/aromatic N) is 3. The van der Waals surface area contributed by atoms with E-state index in [2.05, 4.69) is 9.97 Å². The molecule has 84 valence electrons. The van der Waals surface area contributed by atoms with Crippen LogP contribution in [0.4, 0.5) is 0 Å². The monoisotopic (exact) mass is 236 g/mol. The Labute approximate surface area is 99.1 Å². The van der Waals surface area contributed by atoms with Crippen molar-refractivity contribution in [2.45, 2.75) is 6.42 Å². The van der Waals surface area contributed by atoms with E-state index in [9.17, 15) is 0 Å². The molecule has 0 aliphatic carbocycles. The molecule has 0 amide bonds. The van der Waals surface area contributed by atoms with Gasteiger partial charge in [-0.25, -0.2) is 4.98 Å². The highest BCUT2D eigenvalue weighted by molar-refractivity contribution is 6.32. The van der Waals surface area contributed by atoms with Crippen molar-refractivity contribution in [3.63, 3.8) is 0 Å². The Morgan fingerprint density at radius 1 is 1.38 bits per heavy atom. The van der Waals surface area contributed by atoms with Gasteiger partial charge in [0.05, 0.1) is 5.69 Å². The van der Waals surface area contributed by atoms with Crippen molar-refractivity contribution in [2.75, 3.05) is 6.54 Å². The van der Waals surface area contributed by atoms with Crippen LogP contribution in [0.2, 0.25) is 5.15 Å². The summed E-state index contributed by atoms with van der Waals surface area (Å²) < 4.78 is 1.98. The molecule has 0 aliphatic rings. The van der Waals surface area contributed by atoms with Crippen molar-refractivity contribution >= 4 is 11.6 Å². The molecule has 0 aromatic carbocycles. The van der Waals surface area contributed by atoms with E-state index in [0.29, 0.717) is 11.7 Å². The number of imidazole rings is 1. The molecule has 4 nitrogen and oxygen atoms in total. The number of pyridine rings is 1. The summed E-state index contributed by atoms with van der Waals surface area (Å²) >= 11 is 6.13. The van der Waals surface area contributed by atoms with Crippen LogP contribution in [0.3, 0.4) is 0 Å². The Hall–Kier alpha value is -1.39. The standard InChI is InChI=1S/C11H13ClN4/c1-16-9(2-5-13)15-11(12)10(16)8-3-6-14-7-4-8/h3-4,6-7H,2,5,13H2,1H3. The molecule has 2 rings (SSSR count). The van der Waals surface area contributed by atoms with E-state index in [0.717, 1.165) is 23.5 Å². The molecule has 2 aromatic rings. The zero-order valence-corrected chi connectivity index (χ0v) is 9.78. The van der Waals surface area contributed by atoms with Crippen molar-refractivity contribution in [3.05, 3.63) is 35.5 Å². The van der Waals surface area contributed by atoms with Crippen molar-refractivity contribution in [1.29, 1.82) is 0 Å². The summed E-state index contributed by atoms with van der Waals surface area (Å²) in [7, 11) is 1.94. The largest absolute Gasteiger partial charge is 0.330 e. The number of hydrogen-bond acceptors (Lipinski definition) is 3. The third-order valence-electron chi connectivity index (χ3n) is 2.47. The third kappa shape index (κ3) is 1.94. The van der Waals surface area contributed by atoms with E-state index in [1.54, 1.807) is 12.4 Å². The Morgan fingerprint density at radius 2 is 2.06 bits per heavy atom. The van der Waals surface area contributed by atoms with Gasteiger partial charge in [-0.2, -0.15) is 0 Å². The lowest BCUT2D eigenvalue weighted by molar-refractivity contribution is 0.782. The molecule has 0 spiro atoms. The molecule has 0 radical (unpaired) electrons.